The van der Waals surface area contributed by atoms with Crippen LogP contribution in [0.1, 0.15) is 41.9 Å². The maximum absolute atomic E-state index is 14.9. The highest BCUT2D eigenvalue weighted by Crippen LogP contribution is 2.66. The van der Waals surface area contributed by atoms with Crippen molar-refractivity contribution >= 4 is 40.1 Å². The van der Waals surface area contributed by atoms with Crippen molar-refractivity contribution in [3.8, 4) is 0 Å². The summed E-state index contributed by atoms with van der Waals surface area (Å²) >= 11 is 6.97. The summed E-state index contributed by atoms with van der Waals surface area (Å²) in [6.45, 7) is 3.12. The molecule has 0 spiro atoms. The molecular weight excluding hydrogens is 432 g/mol. The summed E-state index contributed by atoms with van der Waals surface area (Å²) < 4.78 is 28.6. The summed E-state index contributed by atoms with van der Waals surface area (Å²) in [6.07, 6.45) is 1.65. The topological polar surface area (TPSA) is 85.4 Å². The number of pyridine rings is 1. The number of nitrogens with two attached hydrogens (primary N) is 1. The lowest BCUT2D eigenvalue weighted by Gasteiger charge is -2.33. The van der Waals surface area contributed by atoms with Gasteiger partial charge in [0.05, 0.1) is 15.3 Å². The minimum absolute atomic E-state index is 0.00857. The minimum atomic E-state index is -1.20. The van der Waals surface area contributed by atoms with Crippen LogP contribution >= 0.6 is 23.4 Å². The second-order valence-electron chi connectivity index (χ2n) is 7.80. The number of ketones is 2. The molecule has 5 nitrogen and oxygen atoms in total. The molecule has 0 unspecified atom stereocenters. The first-order chi connectivity index (χ1) is 14.1. The molecule has 1 aromatic heterocycles. The van der Waals surface area contributed by atoms with Crippen molar-refractivity contribution < 1.29 is 18.4 Å². The van der Waals surface area contributed by atoms with Crippen LogP contribution in [-0.4, -0.2) is 26.5 Å². The first kappa shape index (κ1) is 20.9. The Morgan fingerprint density at radius 2 is 2.07 bits per heavy atom. The molecule has 4 rings (SSSR count). The summed E-state index contributed by atoms with van der Waals surface area (Å²) in [5.74, 6) is -2.87. The van der Waals surface area contributed by atoms with Gasteiger partial charge in [-0.3, -0.25) is 19.6 Å². The Morgan fingerprint density at radius 1 is 1.33 bits per heavy atom. The van der Waals surface area contributed by atoms with Gasteiger partial charge in [-0.05, 0) is 50.1 Å². The Bertz CT molecular complexity index is 1110. The third kappa shape index (κ3) is 3.32. The maximum Gasteiger partial charge on any atom is 0.185 e. The van der Waals surface area contributed by atoms with Gasteiger partial charge in [0.1, 0.15) is 11.5 Å². The monoisotopic (exact) mass is 449 g/mol. The van der Waals surface area contributed by atoms with Crippen LogP contribution in [0.15, 0.2) is 35.5 Å². The molecule has 1 fully saturated rings. The molecule has 0 saturated heterocycles. The number of hydrogen-bond donors (Lipinski definition) is 1. The van der Waals surface area contributed by atoms with Crippen LogP contribution in [0.3, 0.4) is 0 Å². The number of carbonyl (C=O) groups excluding carboxylic acids is 2. The van der Waals surface area contributed by atoms with Crippen LogP contribution in [0.2, 0.25) is 5.02 Å². The first-order valence-corrected chi connectivity index (χ1v) is 10.4. The highest BCUT2D eigenvalue weighted by Gasteiger charge is 2.69. The summed E-state index contributed by atoms with van der Waals surface area (Å²) in [5.41, 5.74) is 5.20. The van der Waals surface area contributed by atoms with E-state index in [1.54, 1.807) is 6.92 Å². The van der Waals surface area contributed by atoms with Crippen molar-refractivity contribution in [1.82, 2.24) is 4.98 Å². The molecule has 1 aromatic carbocycles. The second kappa shape index (κ2) is 7.13. The molecule has 2 N–H and O–H groups in total. The van der Waals surface area contributed by atoms with Gasteiger partial charge < -0.3 is 5.73 Å². The zero-order chi connectivity index (χ0) is 21.8. The molecule has 0 amide bonds. The summed E-state index contributed by atoms with van der Waals surface area (Å²) in [4.78, 5) is 33.1. The minimum Gasteiger partial charge on any atom is -0.378 e. The molecular formula is C21H18ClF2N3O2S. The third-order valence-corrected chi connectivity index (χ3v) is 7.45. The van der Waals surface area contributed by atoms with Crippen molar-refractivity contribution in [2.24, 2.45) is 16.6 Å². The highest BCUT2D eigenvalue weighted by atomic mass is 35.5. The van der Waals surface area contributed by atoms with E-state index in [1.165, 1.54) is 43.1 Å². The van der Waals surface area contributed by atoms with Crippen molar-refractivity contribution in [3.63, 3.8) is 0 Å². The third-order valence-electron chi connectivity index (χ3n) is 5.82. The number of rotatable bonds is 5. The van der Waals surface area contributed by atoms with Crippen molar-refractivity contribution in [3.05, 3.63) is 63.9 Å². The van der Waals surface area contributed by atoms with Gasteiger partial charge in [0.2, 0.25) is 0 Å². The molecule has 9 heteroatoms. The summed E-state index contributed by atoms with van der Waals surface area (Å²) in [7, 11) is 0. The number of aromatic nitrogens is 1. The Morgan fingerprint density at radius 3 is 2.70 bits per heavy atom. The van der Waals surface area contributed by atoms with Crippen LogP contribution in [0, 0.1) is 17.6 Å². The zero-order valence-electron chi connectivity index (χ0n) is 16.2. The molecule has 1 aliphatic carbocycles. The van der Waals surface area contributed by atoms with E-state index in [0.29, 0.717) is 11.4 Å². The van der Waals surface area contributed by atoms with Gasteiger partial charge in [0.15, 0.2) is 22.6 Å². The molecule has 2 aromatic rings. The molecule has 1 saturated carbocycles. The number of thioether (sulfide) groups is 1. The van der Waals surface area contributed by atoms with Gasteiger partial charge in [-0.2, -0.15) is 0 Å². The number of carbonyl (C=O) groups is 2. The van der Waals surface area contributed by atoms with Crippen LogP contribution in [0.4, 0.5) is 8.78 Å². The van der Waals surface area contributed by atoms with E-state index in [1.807, 2.05) is 0 Å². The number of halogens is 3. The zero-order valence-corrected chi connectivity index (χ0v) is 17.8. The van der Waals surface area contributed by atoms with Crippen LogP contribution in [-0.2, 0) is 16.8 Å². The van der Waals surface area contributed by atoms with E-state index in [2.05, 4.69) is 9.98 Å². The second-order valence-corrected chi connectivity index (χ2v) is 9.59. The van der Waals surface area contributed by atoms with Crippen molar-refractivity contribution in [2.45, 2.75) is 37.0 Å². The Labute approximate surface area is 181 Å². The highest BCUT2D eigenvalue weighted by molar-refractivity contribution is 8.15. The average Bonchev–Trinajstić information content (AvgIpc) is 3.42. The van der Waals surface area contributed by atoms with Gasteiger partial charge in [0.25, 0.3) is 0 Å². The fraction of sp³-hybridized carbons (Fsp3) is 0.333. The molecule has 2 aliphatic rings. The number of aliphatic imine (C=N–C) groups is 1. The smallest absolute Gasteiger partial charge is 0.185 e. The lowest BCUT2D eigenvalue weighted by Crippen LogP contribution is -2.39. The quantitative estimate of drug-likeness (QED) is 0.695. The Balaban J connectivity index is 1.72. The van der Waals surface area contributed by atoms with E-state index in [4.69, 9.17) is 17.3 Å². The van der Waals surface area contributed by atoms with Gasteiger partial charge in [-0.25, -0.2) is 8.78 Å². The van der Waals surface area contributed by atoms with Gasteiger partial charge >= 0.3 is 0 Å². The Kier molecular flexibility index (Phi) is 4.97. The molecule has 0 bridgehead atoms. The number of fused-ring (bicyclic) bond motifs is 1. The summed E-state index contributed by atoms with van der Waals surface area (Å²) in [6, 6.07) is 5.43. The number of nitrogens with zero attached hydrogens (tertiary/aromatic N) is 2. The number of amidine groups is 1. The van der Waals surface area contributed by atoms with E-state index in [-0.39, 0.29) is 45.9 Å². The van der Waals surface area contributed by atoms with E-state index >= 15 is 0 Å². The average molecular weight is 450 g/mol. The molecule has 2 heterocycles. The number of Topliss-reactive ketones (excluding diaryl/α,β-unsaturated/α-hetero) is 2. The molecule has 30 heavy (non-hydrogen) atoms. The fourth-order valence-electron chi connectivity index (χ4n) is 4.17. The largest absolute Gasteiger partial charge is 0.378 e. The van der Waals surface area contributed by atoms with Gasteiger partial charge in [-0.15, -0.1) is 0 Å². The molecule has 3 atom stereocenters. The maximum atomic E-state index is 14.9. The normalized spacial score (nSPS) is 27.2. The standard InChI is InChI=1S/C21H18ClF2N3O2S/c1-10(28)21-8-17(21)20(2,27-19(25)30-21)13-5-11(6-14(23)18(13)24)7-16(29)15-4-3-12(22)9-26-15/h3-6,9,17H,7-8H2,1-2H3,(H2,25,27)/t17-,20+,21+/m0/s1. The number of hydrogen-bond acceptors (Lipinski definition) is 6. The molecule has 1 aliphatic heterocycles. The predicted molar refractivity (Wildman–Crippen MR) is 112 cm³/mol. The van der Waals surface area contributed by atoms with Crippen molar-refractivity contribution in [1.29, 1.82) is 0 Å². The van der Waals surface area contributed by atoms with E-state index in [9.17, 15) is 18.4 Å². The van der Waals surface area contributed by atoms with E-state index in [0.717, 1.165) is 6.07 Å². The van der Waals surface area contributed by atoms with Crippen LogP contribution < -0.4 is 5.73 Å². The summed E-state index contributed by atoms with van der Waals surface area (Å²) in [5, 5.41) is 0.548. The van der Waals surface area contributed by atoms with Crippen LogP contribution in [0.25, 0.3) is 0 Å². The van der Waals surface area contributed by atoms with Gasteiger partial charge in [0, 0.05) is 24.1 Å². The number of benzene rings is 1. The lowest BCUT2D eigenvalue weighted by atomic mass is 9.84. The van der Waals surface area contributed by atoms with Crippen molar-refractivity contribution in [2.75, 3.05) is 0 Å². The molecule has 156 valence electrons. The van der Waals surface area contributed by atoms with Crippen LogP contribution in [0.5, 0.6) is 0 Å². The first-order valence-electron chi connectivity index (χ1n) is 9.25. The predicted octanol–water partition coefficient (Wildman–Crippen LogP) is 4.06. The fourth-order valence-corrected chi connectivity index (χ4v) is 5.65. The SMILES string of the molecule is CC(=O)[C@]12C[C@H]1[C@@](C)(c1cc(CC(=O)c3ccc(Cl)cn3)cc(F)c1F)N=C(N)S2. The lowest BCUT2D eigenvalue weighted by molar-refractivity contribution is -0.117. The van der Waals surface area contributed by atoms with E-state index < -0.39 is 21.9 Å². The van der Waals surface area contributed by atoms with Gasteiger partial charge in [-0.1, -0.05) is 23.4 Å². The molecule has 0 radical (unpaired) electrons. The Hall–Kier alpha value is -2.32.